The molecule has 2 aliphatic rings. The van der Waals surface area contributed by atoms with E-state index in [2.05, 4.69) is 45.0 Å². The van der Waals surface area contributed by atoms with E-state index in [0.29, 0.717) is 29.5 Å². The number of benzene rings is 2. The largest absolute Gasteiger partial charge is 0.460 e. The Labute approximate surface area is 568 Å². The average molecular weight is 1360 g/mol. The maximum absolute atomic E-state index is 14.7. The van der Waals surface area contributed by atoms with Crippen LogP contribution in [0.1, 0.15) is 208 Å². The maximum Gasteiger partial charge on any atom is 0.306 e. The first-order chi connectivity index (χ1) is 45.0. The molecule has 7 rings (SSSR count). The van der Waals surface area contributed by atoms with Gasteiger partial charge in [0, 0.05) is 53.4 Å². The van der Waals surface area contributed by atoms with Crippen LogP contribution in [0.3, 0.4) is 0 Å². The van der Waals surface area contributed by atoms with Crippen LogP contribution >= 0.6 is 34.3 Å². The molecule has 5 heterocycles. The lowest BCUT2D eigenvalue weighted by molar-refractivity contribution is -0.155. The highest BCUT2D eigenvalue weighted by Gasteiger charge is 2.46. The van der Waals surface area contributed by atoms with Crippen molar-refractivity contribution in [2.24, 2.45) is 10.4 Å². The van der Waals surface area contributed by atoms with Crippen molar-refractivity contribution in [1.29, 1.82) is 0 Å². The second-order valence-corrected chi connectivity index (χ2v) is 29.2. The molecular weight excluding hydrogens is 1250 g/mol. The van der Waals surface area contributed by atoms with Gasteiger partial charge in [0.1, 0.15) is 47.3 Å². The van der Waals surface area contributed by atoms with E-state index < -0.39 is 47.1 Å². The molecule has 0 aliphatic carbocycles. The van der Waals surface area contributed by atoms with Gasteiger partial charge in [-0.25, -0.2) is 4.98 Å². The van der Waals surface area contributed by atoms with Gasteiger partial charge in [-0.15, -0.1) is 32.9 Å². The third-order valence-corrected chi connectivity index (χ3v) is 19.1. The van der Waals surface area contributed by atoms with Crippen molar-refractivity contribution in [2.75, 3.05) is 52.7 Å². The molecule has 5 aromatic rings. The topological polar surface area (TPSA) is 244 Å². The van der Waals surface area contributed by atoms with Crippen LogP contribution in [0.5, 0.6) is 0 Å². The molecule has 0 unspecified atom stereocenters. The Morgan fingerprint density at radius 1 is 0.691 bits per heavy atom. The Kier molecular flexibility index (Phi) is 29.6. The third kappa shape index (κ3) is 23.4. The summed E-state index contributed by atoms with van der Waals surface area (Å²) in [4.78, 5) is 94.2. The van der Waals surface area contributed by atoms with Crippen LogP contribution in [0.4, 0.5) is 0 Å². The van der Waals surface area contributed by atoms with Crippen LogP contribution in [-0.2, 0) is 59.0 Å². The normalized spacial score (nSPS) is 15.8. The minimum absolute atomic E-state index is 0.00122. The second kappa shape index (κ2) is 37.2. The molecule has 3 aromatic heterocycles. The Hall–Kier alpha value is -6.43. The van der Waals surface area contributed by atoms with Crippen LogP contribution in [0, 0.1) is 33.1 Å². The van der Waals surface area contributed by atoms with Crippen molar-refractivity contribution in [3.63, 3.8) is 0 Å². The van der Waals surface area contributed by atoms with Crippen molar-refractivity contribution in [2.45, 2.75) is 221 Å². The number of ether oxygens (including phenoxy) is 5. The predicted molar refractivity (Wildman–Crippen MR) is 369 cm³/mol. The molecule has 4 amide bonds. The SMILES string of the molecule is Cc1ncsc1-c1ccc(CNC(=O)[C@@H]2C[C@@H](OC(=O)CCCCCCCCCCCCCCCCC(=O)OC(C)(C)C)CN2C(=O)[C@@H](NC(=O)COCCOCCOCCNC(=O)C[C@@H]2N=C(c3ccc(Cl)cc3)c3c(sc(C)c3C)-n3c(C)nnc32)C(C)(C)C)cc1. The van der Waals surface area contributed by atoms with Crippen molar-refractivity contribution in [3.8, 4) is 15.4 Å². The van der Waals surface area contributed by atoms with Crippen LogP contribution < -0.4 is 16.0 Å². The number of esters is 2. The van der Waals surface area contributed by atoms with Crippen molar-refractivity contribution >= 4 is 75.6 Å². The molecule has 94 heavy (non-hydrogen) atoms. The third-order valence-electron chi connectivity index (χ3n) is 16.7. The summed E-state index contributed by atoms with van der Waals surface area (Å²) < 4.78 is 30.5. The van der Waals surface area contributed by atoms with Crippen molar-refractivity contribution < 1.29 is 52.5 Å². The summed E-state index contributed by atoms with van der Waals surface area (Å²) in [5.41, 5.74) is 7.22. The number of nitrogens with one attached hydrogen (secondary N) is 3. The highest BCUT2D eigenvalue weighted by atomic mass is 35.5. The molecule has 1 saturated heterocycles. The maximum atomic E-state index is 14.7. The molecule has 4 atom stereocenters. The number of rotatable bonds is 38. The van der Waals surface area contributed by atoms with Crippen molar-refractivity contribution in [1.82, 2.24) is 40.6 Å². The number of amides is 4. The number of hydrogen-bond acceptors (Lipinski definition) is 17. The molecule has 0 radical (unpaired) electrons. The zero-order chi connectivity index (χ0) is 67.8. The molecule has 2 aromatic carbocycles. The number of carbonyl (C=O) groups is 6. The first-order valence-electron chi connectivity index (χ1n) is 33.6. The molecule has 0 bridgehead atoms. The number of thiophene rings is 1. The summed E-state index contributed by atoms with van der Waals surface area (Å²) in [6.45, 7) is 20.4. The van der Waals surface area contributed by atoms with Crippen molar-refractivity contribution in [3.05, 3.63) is 104 Å². The second-order valence-electron chi connectivity index (χ2n) is 26.7. The number of aryl methyl sites for hydroxylation is 3. The van der Waals surface area contributed by atoms with E-state index in [0.717, 1.165) is 92.5 Å². The van der Waals surface area contributed by atoms with Gasteiger partial charge >= 0.3 is 11.9 Å². The fraction of sp³-hybridized carbons (Fsp3) is 0.606. The van der Waals surface area contributed by atoms with E-state index in [4.69, 9.17) is 40.3 Å². The summed E-state index contributed by atoms with van der Waals surface area (Å²) in [5.74, 6) is -0.736. The van der Waals surface area contributed by atoms with E-state index in [1.165, 1.54) is 49.8 Å². The Morgan fingerprint density at radius 2 is 1.28 bits per heavy atom. The summed E-state index contributed by atoms with van der Waals surface area (Å²) in [7, 11) is 0. The zero-order valence-electron chi connectivity index (χ0n) is 57.0. The fourth-order valence-corrected chi connectivity index (χ4v) is 13.7. The standard InChI is InChI=1S/C71H100ClN9O11S2/c1-47-49(3)94-69-62(47)63(52-31-33-54(72)34-32-52)76-56(66-79-78-50(4)81(66)69)42-58(82)73-35-36-88-37-38-89-39-40-90-45-59(83)77-65(70(5,6)7)68(87)80-44-55(41-57(80)67(86)74-43-51-27-29-53(30-28-51)64-48(2)75-46-93-64)91-60(84)25-23-21-19-17-15-13-11-12-14-16-18-20-22-24-26-61(85)92-71(8,9)10/h27-34,46,55-57,65H,11-26,35-45H2,1-10H3,(H,73,82)(H,74,86)(H,77,83)/t55-,56+,57+,65-/m1/s1. The van der Waals surface area contributed by atoms with E-state index in [-0.39, 0.29) is 102 Å². The molecule has 20 nitrogen and oxygen atoms in total. The molecule has 0 spiro atoms. The van der Waals surface area contributed by atoms with Gasteiger partial charge in [-0.1, -0.05) is 146 Å². The lowest BCUT2D eigenvalue weighted by Crippen LogP contribution is -2.58. The summed E-state index contributed by atoms with van der Waals surface area (Å²) in [6, 6.07) is 12.9. The Bertz CT molecular complexity index is 3300. The number of thiazole rings is 1. The van der Waals surface area contributed by atoms with E-state index in [9.17, 15) is 28.8 Å². The number of aliphatic imine (C=N–C) groups is 1. The number of likely N-dealkylation sites (tertiary alicyclic amines) is 1. The first kappa shape index (κ1) is 75.0. The van der Waals surface area contributed by atoms with E-state index in [1.807, 2.05) is 114 Å². The number of fused-ring (bicyclic) bond motifs is 3. The molecular formula is C71H100ClN9O11S2. The van der Waals surface area contributed by atoms with E-state index >= 15 is 0 Å². The van der Waals surface area contributed by atoms with Gasteiger partial charge in [-0.3, -0.25) is 38.3 Å². The van der Waals surface area contributed by atoms with Crippen LogP contribution in [0.2, 0.25) is 5.02 Å². The zero-order valence-corrected chi connectivity index (χ0v) is 59.4. The number of hydrogen-bond donors (Lipinski definition) is 3. The molecule has 23 heteroatoms. The minimum atomic E-state index is -1.04. The number of nitrogens with zero attached hydrogens (tertiary/aromatic N) is 6. The molecule has 2 aliphatic heterocycles. The highest BCUT2D eigenvalue weighted by Crippen LogP contribution is 2.40. The molecule has 0 saturated carbocycles. The van der Waals surface area contributed by atoms with Crippen LogP contribution in [0.15, 0.2) is 59.0 Å². The highest BCUT2D eigenvalue weighted by molar-refractivity contribution is 7.15. The van der Waals surface area contributed by atoms with Gasteiger partial charge in [0.2, 0.25) is 23.6 Å². The Morgan fingerprint density at radius 3 is 1.87 bits per heavy atom. The number of unbranched alkanes of at least 4 members (excludes halogenated alkanes) is 13. The van der Waals surface area contributed by atoms with Gasteiger partial charge in [-0.05, 0) is 95.5 Å². The first-order valence-corrected chi connectivity index (χ1v) is 35.7. The minimum Gasteiger partial charge on any atom is -0.460 e. The number of halogens is 1. The van der Waals surface area contributed by atoms with Crippen LogP contribution in [0.25, 0.3) is 15.4 Å². The molecule has 514 valence electrons. The van der Waals surface area contributed by atoms with Gasteiger partial charge in [0.25, 0.3) is 0 Å². The van der Waals surface area contributed by atoms with E-state index in [1.54, 1.807) is 22.7 Å². The smallest absolute Gasteiger partial charge is 0.306 e. The van der Waals surface area contributed by atoms with Gasteiger partial charge < -0.3 is 44.5 Å². The van der Waals surface area contributed by atoms with Gasteiger partial charge in [-0.2, -0.15) is 0 Å². The molecule has 1 fully saturated rings. The summed E-state index contributed by atoms with van der Waals surface area (Å²) in [6.07, 6.45) is 15.6. The fourth-order valence-electron chi connectivity index (χ4n) is 11.6. The summed E-state index contributed by atoms with van der Waals surface area (Å²) >= 11 is 9.48. The molecule has 3 N–H and O–H groups in total. The lowest BCUT2D eigenvalue weighted by Gasteiger charge is -2.35. The Balaban J connectivity index is 0.799. The number of aromatic nitrogens is 4. The average Bonchev–Trinajstić information content (AvgIpc) is 1.59. The van der Waals surface area contributed by atoms with Crippen LogP contribution in [-0.4, -0.2) is 142 Å². The lowest BCUT2D eigenvalue weighted by atomic mass is 9.85. The van der Waals surface area contributed by atoms with Gasteiger partial charge in [0.15, 0.2) is 5.82 Å². The van der Waals surface area contributed by atoms with Gasteiger partial charge in [0.05, 0.1) is 67.8 Å². The quantitative estimate of drug-likeness (QED) is 0.0246. The summed E-state index contributed by atoms with van der Waals surface area (Å²) in [5, 5.41) is 19.3. The monoisotopic (exact) mass is 1350 g/mol. The predicted octanol–water partition coefficient (Wildman–Crippen LogP) is 12.7. The number of carbonyl (C=O) groups excluding carboxylic acids is 6.